The first-order chi connectivity index (χ1) is 9.10. The van der Waals surface area contributed by atoms with Crippen molar-refractivity contribution in [2.75, 3.05) is 0 Å². The summed E-state index contributed by atoms with van der Waals surface area (Å²) < 4.78 is 5.40. The van der Waals surface area contributed by atoms with Crippen molar-refractivity contribution < 1.29 is 14.6 Å². The molecule has 1 N–H and O–H groups in total. The van der Waals surface area contributed by atoms with Crippen LogP contribution < -0.4 is 4.74 Å². The van der Waals surface area contributed by atoms with E-state index >= 15 is 0 Å². The Morgan fingerprint density at radius 1 is 1.47 bits per heavy atom. The van der Waals surface area contributed by atoms with Gasteiger partial charge in [-0.3, -0.25) is 0 Å². The van der Waals surface area contributed by atoms with Crippen molar-refractivity contribution in [2.24, 2.45) is 0 Å². The number of benzene rings is 1. The number of nitriles is 1. The molecule has 19 heavy (non-hydrogen) atoms. The number of hydrogen-bond donors (Lipinski definition) is 1. The summed E-state index contributed by atoms with van der Waals surface area (Å²) in [5, 5.41) is 17.5. The number of hydrogen-bond acceptors (Lipinski definition) is 5. The first kappa shape index (κ1) is 13.3. The second kappa shape index (κ2) is 5.69. The van der Waals surface area contributed by atoms with Gasteiger partial charge in [0.05, 0.1) is 12.5 Å². The Kier molecular flexibility index (Phi) is 4.00. The van der Waals surface area contributed by atoms with Crippen molar-refractivity contribution in [3.8, 4) is 17.0 Å². The number of rotatable bonds is 4. The Bertz CT molecular complexity index is 646. The highest BCUT2D eigenvalue weighted by Gasteiger charge is 2.16. The van der Waals surface area contributed by atoms with E-state index in [2.05, 4.69) is 4.98 Å². The molecule has 2 rings (SSSR count). The number of carboxylic acids is 1. The zero-order valence-corrected chi connectivity index (χ0v) is 11.0. The quantitative estimate of drug-likeness (QED) is 0.935. The van der Waals surface area contributed by atoms with E-state index in [4.69, 9.17) is 26.7 Å². The number of aromatic carboxylic acids is 1. The minimum atomic E-state index is -1.14. The molecule has 0 saturated carbocycles. The molecule has 0 aliphatic heterocycles. The smallest absolute Gasteiger partial charge is 0.349 e. The zero-order valence-electron chi connectivity index (χ0n) is 9.46. The first-order valence-corrected chi connectivity index (χ1v) is 6.33. The van der Waals surface area contributed by atoms with Gasteiger partial charge >= 0.3 is 5.97 Å². The maximum absolute atomic E-state index is 10.8. The molecule has 0 spiro atoms. The standard InChI is InChI=1S/C12H7ClN2O3S/c13-10-9(11(16)17)19-12(15-10)18-8-3-1-7(2-4-8)5-6-14/h1-4H,5H2,(H,16,17). The second-order valence-electron chi connectivity index (χ2n) is 3.49. The van der Waals surface area contributed by atoms with Gasteiger partial charge in [-0.1, -0.05) is 35.1 Å². The van der Waals surface area contributed by atoms with Crippen molar-refractivity contribution in [3.05, 3.63) is 39.9 Å². The van der Waals surface area contributed by atoms with Crippen LogP contribution in [0.1, 0.15) is 15.2 Å². The highest BCUT2D eigenvalue weighted by molar-refractivity contribution is 7.15. The van der Waals surface area contributed by atoms with E-state index in [-0.39, 0.29) is 15.2 Å². The predicted molar refractivity (Wildman–Crippen MR) is 69.9 cm³/mol. The molecule has 0 aliphatic rings. The van der Waals surface area contributed by atoms with Gasteiger partial charge in [0.1, 0.15) is 5.75 Å². The van der Waals surface area contributed by atoms with Gasteiger partial charge in [0.15, 0.2) is 10.0 Å². The van der Waals surface area contributed by atoms with Crippen LogP contribution in [0.25, 0.3) is 0 Å². The van der Waals surface area contributed by atoms with Gasteiger partial charge < -0.3 is 9.84 Å². The molecular formula is C12H7ClN2O3S. The van der Waals surface area contributed by atoms with Crippen molar-refractivity contribution in [1.29, 1.82) is 5.26 Å². The molecule has 2 aromatic rings. The number of carboxylic acid groups (broad SMARTS) is 1. The minimum absolute atomic E-state index is 0.0576. The molecule has 0 radical (unpaired) electrons. The Morgan fingerprint density at radius 3 is 2.68 bits per heavy atom. The molecule has 0 aliphatic carbocycles. The van der Waals surface area contributed by atoms with Crippen LogP contribution in [-0.4, -0.2) is 16.1 Å². The molecular weight excluding hydrogens is 288 g/mol. The van der Waals surface area contributed by atoms with Crippen molar-refractivity contribution in [1.82, 2.24) is 4.98 Å². The zero-order chi connectivity index (χ0) is 13.8. The summed E-state index contributed by atoms with van der Waals surface area (Å²) in [5.41, 5.74) is 0.873. The molecule has 1 aromatic carbocycles. The molecule has 0 unspecified atom stereocenters. The van der Waals surface area contributed by atoms with Gasteiger partial charge in [0.25, 0.3) is 5.19 Å². The molecule has 96 valence electrons. The molecule has 1 heterocycles. The summed E-state index contributed by atoms with van der Waals surface area (Å²) in [6.07, 6.45) is 0.326. The van der Waals surface area contributed by atoms with E-state index in [0.717, 1.165) is 16.9 Å². The normalized spacial score (nSPS) is 9.89. The van der Waals surface area contributed by atoms with Crippen molar-refractivity contribution in [2.45, 2.75) is 6.42 Å². The van der Waals surface area contributed by atoms with Crippen molar-refractivity contribution >= 4 is 28.9 Å². The van der Waals surface area contributed by atoms with Crippen LogP contribution >= 0.6 is 22.9 Å². The fraction of sp³-hybridized carbons (Fsp3) is 0.0833. The SMILES string of the molecule is N#CCc1ccc(Oc2nc(Cl)c(C(=O)O)s2)cc1. The summed E-state index contributed by atoms with van der Waals surface area (Å²) in [6, 6.07) is 8.92. The van der Waals surface area contributed by atoms with Crippen LogP contribution in [0, 0.1) is 11.3 Å². The van der Waals surface area contributed by atoms with Gasteiger partial charge in [-0.25, -0.2) is 4.79 Å². The summed E-state index contributed by atoms with van der Waals surface area (Å²) >= 11 is 6.53. The number of aromatic nitrogens is 1. The fourth-order valence-electron chi connectivity index (χ4n) is 1.33. The Labute approximate surface area is 117 Å². The summed E-state index contributed by atoms with van der Waals surface area (Å²) in [4.78, 5) is 14.6. The number of nitrogens with zero attached hydrogens (tertiary/aromatic N) is 2. The van der Waals surface area contributed by atoms with Gasteiger partial charge in [-0.15, -0.1) is 0 Å². The van der Waals surface area contributed by atoms with E-state index in [0.29, 0.717) is 12.2 Å². The van der Waals surface area contributed by atoms with Crippen LogP contribution in [0.2, 0.25) is 5.15 Å². The third-order valence-electron chi connectivity index (χ3n) is 2.17. The lowest BCUT2D eigenvalue weighted by Gasteiger charge is -2.01. The fourth-order valence-corrected chi connectivity index (χ4v) is 2.32. The van der Waals surface area contributed by atoms with Crippen molar-refractivity contribution in [3.63, 3.8) is 0 Å². The van der Waals surface area contributed by atoms with Gasteiger partial charge in [-0.2, -0.15) is 10.2 Å². The lowest BCUT2D eigenvalue weighted by Crippen LogP contribution is -1.91. The average Bonchev–Trinajstić information content (AvgIpc) is 2.73. The molecule has 7 heteroatoms. The van der Waals surface area contributed by atoms with Gasteiger partial charge in [-0.05, 0) is 17.7 Å². The highest BCUT2D eigenvalue weighted by Crippen LogP contribution is 2.32. The largest absolute Gasteiger partial charge is 0.477 e. The average molecular weight is 295 g/mol. The minimum Gasteiger partial charge on any atom is -0.477 e. The number of thiazole rings is 1. The topological polar surface area (TPSA) is 83.2 Å². The maximum Gasteiger partial charge on any atom is 0.349 e. The Balaban J connectivity index is 2.15. The number of carbonyl (C=O) groups is 1. The predicted octanol–water partition coefficient (Wildman–Crippen LogP) is 3.35. The Hall–Kier alpha value is -2.10. The van der Waals surface area contributed by atoms with Crippen LogP contribution in [0.5, 0.6) is 10.9 Å². The van der Waals surface area contributed by atoms with Crippen LogP contribution in [0.3, 0.4) is 0 Å². The van der Waals surface area contributed by atoms with Gasteiger partial charge in [0, 0.05) is 0 Å². The second-order valence-corrected chi connectivity index (χ2v) is 4.81. The molecule has 0 fully saturated rings. The number of ether oxygens (including phenoxy) is 1. The number of halogens is 1. The first-order valence-electron chi connectivity index (χ1n) is 5.13. The third-order valence-corrected chi connectivity index (χ3v) is 3.48. The lowest BCUT2D eigenvalue weighted by atomic mass is 10.2. The summed E-state index contributed by atoms with van der Waals surface area (Å²) in [7, 11) is 0. The van der Waals surface area contributed by atoms with E-state index in [1.54, 1.807) is 24.3 Å². The van der Waals surface area contributed by atoms with E-state index in [1.165, 1.54) is 0 Å². The Morgan fingerprint density at radius 2 is 2.16 bits per heavy atom. The monoisotopic (exact) mass is 294 g/mol. The lowest BCUT2D eigenvalue weighted by molar-refractivity contribution is 0.0702. The third kappa shape index (κ3) is 3.22. The molecule has 1 aromatic heterocycles. The van der Waals surface area contributed by atoms with E-state index in [1.807, 2.05) is 6.07 Å². The highest BCUT2D eigenvalue weighted by atomic mass is 35.5. The van der Waals surface area contributed by atoms with Crippen LogP contribution in [0.4, 0.5) is 0 Å². The molecule has 0 atom stereocenters. The molecule has 5 nitrogen and oxygen atoms in total. The summed E-state index contributed by atoms with van der Waals surface area (Å²) in [6.45, 7) is 0. The van der Waals surface area contributed by atoms with Gasteiger partial charge in [0.2, 0.25) is 0 Å². The molecule has 0 bridgehead atoms. The molecule has 0 amide bonds. The molecule has 0 saturated heterocycles. The maximum atomic E-state index is 10.8. The van der Waals surface area contributed by atoms with E-state index < -0.39 is 5.97 Å². The van der Waals surface area contributed by atoms with Crippen LogP contribution in [-0.2, 0) is 6.42 Å². The van der Waals surface area contributed by atoms with Crippen LogP contribution in [0.15, 0.2) is 24.3 Å². The van der Waals surface area contributed by atoms with E-state index in [9.17, 15) is 4.79 Å². The summed E-state index contributed by atoms with van der Waals surface area (Å²) in [5.74, 6) is -0.634.